The highest BCUT2D eigenvalue weighted by molar-refractivity contribution is 5.43. The zero-order valence-electron chi connectivity index (χ0n) is 11.2. The number of rotatable bonds is 4. The van der Waals surface area contributed by atoms with Crippen molar-refractivity contribution in [3.05, 3.63) is 59.4 Å². The summed E-state index contributed by atoms with van der Waals surface area (Å²) < 4.78 is 18.8. The number of halogens is 1. The van der Waals surface area contributed by atoms with Crippen LogP contribution in [0.2, 0.25) is 0 Å². The van der Waals surface area contributed by atoms with Gasteiger partial charge in [0.2, 0.25) is 0 Å². The van der Waals surface area contributed by atoms with Gasteiger partial charge in [-0.05, 0) is 29.2 Å². The van der Waals surface area contributed by atoms with Crippen molar-refractivity contribution < 1.29 is 9.13 Å². The van der Waals surface area contributed by atoms with Crippen LogP contribution in [0.25, 0.3) is 0 Å². The van der Waals surface area contributed by atoms with Crippen LogP contribution < -0.4 is 10.5 Å². The lowest BCUT2D eigenvalue weighted by Crippen LogP contribution is -1.98. The van der Waals surface area contributed by atoms with Crippen LogP contribution in [0.15, 0.2) is 42.5 Å². The lowest BCUT2D eigenvalue weighted by molar-refractivity contribution is 0.304. The Balaban J connectivity index is 2.00. The van der Waals surface area contributed by atoms with E-state index in [4.69, 9.17) is 10.5 Å². The molecule has 0 bridgehead atoms. The summed E-state index contributed by atoms with van der Waals surface area (Å²) in [7, 11) is 0. The van der Waals surface area contributed by atoms with E-state index in [1.54, 1.807) is 6.07 Å². The van der Waals surface area contributed by atoms with Crippen molar-refractivity contribution in [3.63, 3.8) is 0 Å². The zero-order valence-corrected chi connectivity index (χ0v) is 11.2. The summed E-state index contributed by atoms with van der Waals surface area (Å²) in [5.41, 5.74) is 7.89. The summed E-state index contributed by atoms with van der Waals surface area (Å²) in [5.74, 6) is 0.549. The average molecular weight is 259 g/mol. The van der Waals surface area contributed by atoms with Gasteiger partial charge in [-0.1, -0.05) is 38.1 Å². The maximum atomic E-state index is 13.2. The van der Waals surface area contributed by atoms with Crippen molar-refractivity contribution in [1.82, 2.24) is 0 Å². The third kappa shape index (κ3) is 3.47. The van der Waals surface area contributed by atoms with E-state index in [0.29, 0.717) is 18.3 Å². The number of nitrogens with two attached hydrogens (primary N) is 1. The quantitative estimate of drug-likeness (QED) is 0.839. The van der Waals surface area contributed by atoms with E-state index in [1.807, 2.05) is 12.1 Å². The van der Waals surface area contributed by atoms with Crippen LogP contribution in [-0.4, -0.2) is 0 Å². The Hall–Kier alpha value is -2.03. The molecule has 0 aliphatic heterocycles. The fourth-order valence-corrected chi connectivity index (χ4v) is 1.76. The molecule has 0 radical (unpaired) electrons. The van der Waals surface area contributed by atoms with Crippen molar-refractivity contribution >= 4 is 5.69 Å². The molecular weight excluding hydrogens is 241 g/mol. The molecule has 0 saturated carbocycles. The molecule has 3 heteroatoms. The Morgan fingerprint density at radius 3 is 2.37 bits per heavy atom. The van der Waals surface area contributed by atoms with Crippen molar-refractivity contribution in [2.24, 2.45) is 0 Å². The number of nitrogen functional groups attached to an aromatic ring is 1. The van der Waals surface area contributed by atoms with Crippen molar-refractivity contribution in [1.29, 1.82) is 0 Å². The molecular formula is C16H18FNO. The fourth-order valence-electron chi connectivity index (χ4n) is 1.76. The Bertz CT molecular complexity index is 549. The smallest absolute Gasteiger partial charge is 0.149 e. The maximum absolute atomic E-state index is 13.2. The molecule has 2 N–H and O–H groups in total. The van der Waals surface area contributed by atoms with E-state index in [1.165, 1.54) is 17.7 Å². The van der Waals surface area contributed by atoms with Gasteiger partial charge in [0.1, 0.15) is 18.2 Å². The molecule has 0 saturated heterocycles. The summed E-state index contributed by atoms with van der Waals surface area (Å²) >= 11 is 0. The first-order chi connectivity index (χ1) is 9.06. The van der Waals surface area contributed by atoms with Crippen molar-refractivity contribution in [2.75, 3.05) is 5.73 Å². The number of anilines is 1. The molecule has 0 spiro atoms. The van der Waals surface area contributed by atoms with E-state index in [9.17, 15) is 4.39 Å². The number of benzene rings is 2. The molecule has 0 fully saturated rings. The van der Waals surface area contributed by atoms with E-state index < -0.39 is 5.82 Å². The van der Waals surface area contributed by atoms with Gasteiger partial charge in [0, 0.05) is 6.07 Å². The minimum Gasteiger partial charge on any atom is -0.489 e. The second kappa shape index (κ2) is 5.74. The summed E-state index contributed by atoms with van der Waals surface area (Å²) in [5, 5.41) is 0. The summed E-state index contributed by atoms with van der Waals surface area (Å²) in [6.45, 7) is 4.73. The van der Waals surface area contributed by atoms with Gasteiger partial charge in [0.05, 0.1) is 5.69 Å². The summed E-state index contributed by atoms with van der Waals surface area (Å²) in [6.07, 6.45) is 0. The first-order valence-corrected chi connectivity index (χ1v) is 6.33. The van der Waals surface area contributed by atoms with E-state index in [-0.39, 0.29) is 5.69 Å². The Labute approximate surface area is 113 Å². The van der Waals surface area contributed by atoms with Crippen LogP contribution >= 0.6 is 0 Å². The fraction of sp³-hybridized carbons (Fsp3) is 0.250. The minimum absolute atomic E-state index is 0.133. The molecule has 0 unspecified atom stereocenters. The monoisotopic (exact) mass is 259 g/mol. The van der Waals surface area contributed by atoms with Gasteiger partial charge >= 0.3 is 0 Å². The molecule has 0 aromatic heterocycles. The molecule has 0 amide bonds. The SMILES string of the molecule is CC(C)c1ccc(COc2ccc(N)c(F)c2)cc1. The first-order valence-electron chi connectivity index (χ1n) is 6.33. The normalized spacial score (nSPS) is 10.7. The first kappa shape index (κ1) is 13.4. The van der Waals surface area contributed by atoms with Gasteiger partial charge < -0.3 is 10.5 Å². The van der Waals surface area contributed by atoms with Gasteiger partial charge in [-0.2, -0.15) is 0 Å². The van der Waals surface area contributed by atoms with E-state index >= 15 is 0 Å². The molecule has 0 heterocycles. The number of ether oxygens (including phenoxy) is 1. The van der Waals surface area contributed by atoms with E-state index in [0.717, 1.165) is 5.56 Å². The highest BCUT2D eigenvalue weighted by atomic mass is 19.1. The lowest BCUT2D eigenvalue weighted by atomic mass is 10.0. The largest absolute Gasteiger partial charge is 0.489 e. The molecule has 2 aromatic rings. The number of hydrogen-bond acceptors (Lipinski definition) is 2. The van der Waals surface area contributed by atoms with Gasteiger partial charge in [0.15, 0.2) is 0 Å². The predicted octanol–water partition coefficient (Wildman–Crippen LogP) is 4.11. The topological polar surface area (TPSA) is 35.2 Å². The molecule has 0 aliphatic rings. The highest BCUT2D eigenvalue weighted by Gasteiger charge is 2.02. The maximum Gasteiger partial charge on any atom is 0.149 e. The van der Waals surface area contributed by atoms with Crippen molar-refractivity contribution in [3.8, 4) is 5.75 Å². The van der Waals surface area contributed by atoms with Crippen LogP contribution in [-0.2, 0) is 6.61 Å². The third-order valence-electron chi connectivity index (χ3n) is 3.02. The standard InChI is InChI=1S/C16H18FNO/c1-11(2)13-5-3-12(4-6-13)10-19-14-7-8-16(18)15(17)9-14/h3-9,11H,10,18H2,1-2H3. The molecule has 2 nitrogen and oxygen atoms in total. The molecule has 0 aliphatic carbocycles. The average Bonchev–Trinajstić information content (AvgIpc) is 2.40. The molecule has 2 aromatic carbocycles. The van der Waals surface area contributed by atoms with Crippen molar-refractivity contribution in [2.45, 2.75) is 26.4 Å². The molecule has 19 heavy (non-hydrogen) atoms. The third-order valence-corrected chi connectivity index (χ3v) is 3.02. The van der Waals surface area contributed by atoms with Gasteiger partial charge in [-0.25, -0.2) is 4.39 Å². The Kier molecular flexibility index (Phi) is 4.05. The molecule has 0 atom stereocenters. The van der Waals surface area contributed by atoms with Crippen LogP contribution in [0.5, 0.6) is 5.75 Å². The Morgan fingerprint density at radius 2 is 1.79 bits per heavy atom. The highest BCUT2D eigenvalue weighted by Crippen LogP contribution is 2.20. The minimum atomic E-state index is -0.451. The summed E-state index contributed by atoms with van der Waals surface area (Å²) in [6, 6.07) is 12.7. The second-order valence-electron chi connectivity index (χ2n) is 4.87. The van der Waals surface area contributed by atoms with Crippen LogP contribution in [0.1, 0.15) is 30.9 Å². The van der Waals surface area contributed by atoms with Gasteiger partial charge in [-0.15, -0.1) is 0 Å². The van der Waals surface area contributed by atoms with E-state index in [2.05, 4.69) is 26.0 Å². The number of hydrogen-bond donors (Lipinski definition) is 1. The van der Waals surface area contributed by atoms with Crippen LogP contribution in [0.4, 0.5) is 10.1 Å². The van der Waals surface area contributed by atoms with Gasteiger partial charge in [0.25, 0.3) is 0 Å². The predicted molar refractivity (Wildman–Crippen MR) is 75.7 cm³/mol. The Morgan fingerprint density at radius 1 is 1.11 bits per heavy atom. The van der Waals surface area contributed by atoms with Crippen LogP contribution in [0, 0.1) is 5.82 Å². The molecule has 100 valence electrons. The van der Waals surface area contributed by atoms with Gasteiger partial charge in [-0.3, -0.25) is 0 Å². The zero-order chi connectivity index (χ0) is 13.8. The second-order valence-corrected chi connectivity index (χ2v) is 4.87. The molecule has 2 rings (SSSR count). The summed E-state index contributed by atoms with van der Waals surface area (Å²) in [4.78, 5) is 0. The lowest BCUT2D eigenvalue weighted by Gasteiger charge is -2.09. The van der Waals surface area contributed by atoms with Crippen LogP contribution in [0.3, 0.4) is 0 Å².